The Morgan fingerprint density at radius 2 is 2.15 bits per heavy atom. The van der Waals surface area contributed by atoms with E-state index >= 15 is 0 Å². The molecule has 1 N–H and O–H groups in total. The predicted octanol–water partition coefficient (Wildman–Crippen LogP) is 1.42. The standard InChI is InChI=1S/C13H13F2NO4/c14-8-3-4-11(9(15)6-8)20-7-12(17)16-5-1-2-10(16)13(18)19/h3-4,6,10H,1-2,5,7H2,(H,18,19). The molecular weight excluding hydrogens is 272 g/mol. The molecule has 7 heteroatoms. The monoisotopic (exact) mass is 285 g/mol. The summed E-state index contributed by atoms with van der Waals surface area (Å²) in [4.78, 5) is 24.0. The molecule has 0 bridgehead atoms. The first kappa shape index (κ1) is 14.2. The van der Waals surface area contributed by atoms with E-state index in [1.165, 1.54) is 4.90 Å². The lowest BCUT2D eigenvalue weighted by Gasteiger charge is -2.21. The van der Waals surface area contributed by atoms with E-state index < -0.39 is 36.2 Å². The highest BCUT2D eigenvalue weighted by Gasteiger charge is 2.34. The Morgan fingerprint density at radius 3 is 2.80 bits per heavy atom. The fourth-order valence-corrected chi connectivity index (χ4v) is 2.14. The maximum Gasteiger partial charge on any atom is 0.326 e. The Bertz CT molecular complexity index is 535. The fourth-order valence-electron chi connectivity index (χ4n) is 2.14. The molecule has 1 aromatic rings. The molecule has 0 saturated carbocycles. The molecule has 1 saturated heterocycles. The molecule has 2 rings (SSSR count). The van der Waals surface area contributed by atoms with Gasteiger partial charge in [-0.3, -0.25) is 4.79 Å². The molecule has 0 aliphatic carbocycles. The number of aliphatic carboxylic acids is 1. The van der Waals surface area contributed by atoms with Crippen molar-refractivity contribution in [2.24, 2.45) is 0 Å². The molecule has 0 radical (unpaired) electrons. The lowest BCUT2D eigenvalue weighted by Crippen LogP contribution is -2.42. The molecule has 1 amide bonds. The number of amides is 1. The van der Waals surface area contributed by atoms with Gasteiger partial charge in [0.05, 0.1) is 0 Å². The second-order valence-electron chi connectivity index (χ2n) is 4.45. The van der Waals surface area contributed by atoms with Crippen LogP contribution in [0, 0.1) is 11.6 Å². The topological polar surface area (TPSA) is 66.8 Å². The third-order valence-corrected chi connectivity index (χ3v) is 3.10. The van der Waals surface area contributed by atoms with Crippen molar-refractivity contribution in [3.8, 4) is 5.75 Å². The van der Waals surface area contributed by atoms with E-state index in [-0.39, 0.29) is 5.75 Å². The number of halogens is 2. The van der Waals surface area contributed by atoms with Crippen LogP contribution >= 0.6 is 0 Å². The van der Waals surface area contributed by atoms with Crippen LogP contribution in [0.15, 0.2) is 18.2 Å². The highest BCUT2D eigenvalue weighted by atomic mass is 19.1. The lowest BCUT2D eigenvalue weighted by molar-refractivity contribution is -0.149. The minimum atomic E-state index is -1.07. The SMILES string of the molecule is O=C(O)C1CCCN1C(=O)COc1ccc(F)cc1F. The summed E-state index contributed by atoms with van der Waals surface area (Å²) in [6.07, 6.45) is 1.000. The van der Waals surface area contributed by atoms with Gasteiger partial charge in [0.2, 0.25) is 0 Å². The highest BCUT2D eigenvalue weighted by molar-refractivity contribution is 5.85. The average Bonchev–Trinajstić information content (AvgIpc) is 2.86. The Kier molecular flexibility index (Phi) is 4.16. The maximum atomic E-state index is 13.3. The molecule has 1 fully saturated rings. The predicted molar refractivity (Wildman–Crippen MR) is 64.2 cm³/mol. The van der Waals surface area contributed by atoms with Gasteiger partial charge in [0.15, 0.2) is 18.2 Å². The summed E-state index contributed by atoms with van der Waals surface area (Å²) in [6.45, 7) is -0.141. The van der Waals surface area contributed by atoms with Crippen molar-refractivity contribution in [2.75, 3.05) is 13.2 Å². The zero-order chi connectivity index (χ0) is 14.7. The van der Waals surface area contributed by atoms with Gasteiger partial charge in [-0.25, -0.2) is 13.6 Å². The van der Waals surface area contributed by atoms with E-state index in [4.69, 9.17) is 9.84 Å². The van der Waals surface area contributed by atoms with Gasteiger partial charge in [-0.2, -0.15) is 0 Å². The quantitative estimate of drug-likeness (QED) is 0.908. The third-order valence-electron chi connectivity index (χ3n) is 3.10. The van der Waals surface area contributed by atoms with Gasteiger partial charge in [-0.15, -0.1) is 0 Å². The van der Waals surface area contributed by atoms with Crippen LogP contribution in [0.5, 0.6) is 5.75 Å². The minimum Gasteiger partial charge on any atom is -0.481 e. The number of rotatable bonds is 4. The van der Waals surface area contributed by atoms with E-state index in [2.05, 4.69) is 0 Å². The molecule has 1 aromatic carbocycles. The molecule has 20 heavy (non-hydrogen) atoms. The second-order valence-corrected chi connectivity index (χ2v) is 4.45. The van der Waals surface area contributed by atoms with E-state index in [1.807, 2.05) is 0 Å². The van der Waals surface area contributed by atoms with Crippen molar-refractivity contribution in [1.29, 1.82) is 0 Å². The highest BCUT2D eigenvalue weighted by Crippen LogP contribution is 2.20. The number of carbonyl (C=O) groups excluding carboxylic acids is 1. The summed E-state index contributed by atoms with van der Waals surface area (Å²) < 4.78 is 31.0. The number of benzene rings is 1. The summed E-state index contributed by atoms with van der Waals surface area (Å²) >= 11 is 0. The first-order valence-corrected chi connectivity index (χ1v) is 6.09. The normalized spacial score (nSPS) is 18.1. The van der Waals surface area contributed by atoms with Crippen LogP contribution in [0.2, 0.25) is 0 Å². The van der Waals surface area contributed by atoms with Crippen molar-refractivity contribution in [3.63, 3.8) is 0 Å². The molecule has 0 spiro atoms. The number of carbonyl (C=O) groups is 2. The van der Waals surface area contributed by atoms with Crippen LogP contribution in [0.4, 0.5) is 8.78 Å². The van der Waals surface area contributed by atoms with Gasteiger partial charge in [-0.05, 0) is 25.0 Å². The van der Waals surface area contributed by atoms with E-state index in [9.17, 15) is 18.4 Å². The smallest absolute Gasteiger partial charge is 0.326 e. The number of hydrogen-bond donors (Lipinski definition) is 1. The molecule has 1 atom stereocenters. The Labute approximate surface area is 113 Å². The zero-order valence-corrected chi connectivity index (χ0v) is 10.5. The third kappa shape index (κ3) is 3.04. The zero-order valence-electron chi connectivity index (χ0n) is 10.5. The van der Waals surface area contributed by atoms with Crippen molar-refractivity contribution in [1.82, 2.24) is 4.90 Å². The van der Waals surface area contributed by atoms with E-state index in [1.54, 1.807) is 0 Å². The molecule has 0 aromatic heterocycles. The molecule has 1 heterocycles. The van der Waals surface area contributed by atoms with Gasteiger partial charge in [-0.1, -0.05) is 0 Å². The van der Waals surface area contributed by atoms with Crippen LogP contribution in [0.1, 0.15) is 12.8 Å². The van der Waals surface area contributed by atoms with Crippen LogP contribution in [-0.4, -0.2) is 41.1 Å². The summed E-state index contributed by atoms with van der Waals surface area (Å²) in [6, 6.07) is 1.88. The van der Waals surface area contributed by atoms with Crippen molar-refractivity contribution in [3.05, 3.63) is 29.8 Å². The van der Waals surface area contributed by atoms with Crippen LogP contribution in [-0.2, 0) is 9.59 Å². The molecular formula is C13H13F2NO4. The van der Waals surface area contributed by atoms with Gasteiger partial charge in [0.1, 0.15) is 11.9 Å². The number of ether oxygens (including phenoxy) is 1. The molecule has 108 valence electrons. The molecule has 5 nitrogen and oxygen atoms in total. The van der Waals surface area contributed by atoms with Gasteiger partial charge < -0.3 is 14.7 Å². The summed E-state index contributed by atoms with van der Waals surface area (Å²) in [5.74, 6) is -3.49. The van der Waals surface area contributed by atoms with E-state index in [0.29, 0.717) is 25.5 Å². The van der Waals surface area contributed by atoms with Gasteiger partial charge in [0.25, 0.3) is 5.91 Å². The van der Waals surface area contributed by atoms with Crippen molar-refractivity contribution in [2.45, 2.75) is 18.9 Å². The number of carboxylic acids is 1. The number of hydrogen-bond acceptors (Lipinski definition) is 3. The van der Waals surface area contributed by atoms with Crippen molar-refractivity contribution >= 4 is 11.9 Å². The molecule has 1 aliphatic rings. The van der Waals surface area contributed by atoms with Gasteiger partial charge in [0, 0.05) is 12.6 Å². The largest absolute Gasteiger partial charge is 0.481 e. The number of likely N-dealkylation sites (tertiary alicyclic amines) is 1. The summed E-state index contributed by atoms with van der Waals surface area (Å²) in [7, 11) is 0. The molecule has 1 aliphatic heterocycles. The molecule has 1 unspecified atom stereocenters. The minimum absolute atomic E-state index is 0.245. The lowest BCUT2D eigenvalue weighted by atomic mass is 10.2. The Balaban J connectivity index is 1.96. The average molecular weight is 285 g/mol. The fraction of sp³-hybridized carbons (Fsp3) is 0.385. The second kappa shape index (κ2) is 5.85. The van der Waals surface area contributed by atoms with Crippen molar-refractivity contribution < 1.29 is 28.2 Å². The number of carboxylic acid groups (broad SMARTS) is 1. The Hall–Kier alpha value is -2.18. The summed E-state index contributed by atoms with van der Waals surface area (Å²) in [5, 5.41) is 8.96. The van der Waals surface area contributed by atoms with Crippen LogP contribution < -0.4 is 4.74 Å². The first-order chi connectivity index (χ1) is 9.49. The van der Waals surface area contributed by atoms with E-state index in [0.717, 1.165) is 12.1 Å². The maximum absolute atomic E-state index is 13.3. The number of nitrogens with zero attached hydrogens (tertiary/aromatic N) is 1. The van der Waals surface area contributed by atoms with Crippen LogP contribution in [0.3, 0.4) is 0 Å². The van der Waals surface area contributed by atoms with Gasteiger partial charge >= 0.3 is 5.97 Å². The first-order valence-electron chi connectivity index (χ1n) is 6.09. The van der Waals surface area contributed by atoms with Crippen LogP contribution in [0.25, 0.3) is 0 Å². The Morgan fingerprint density at radius 1 is 1.40 bits per heavy atom. The summed E-state index contributed by atoms with van der Waals surface area (Å²) in [5.41, 5.74) is 0.